The van der Waals surface area contributed by atoms with E-state index in [9.17, 15) is 4.79 Å². The molecule has 0 bridgehead atoms. The number of rotatable bonds is 5. The fraction of sp³-hybridized carbons (Fsp3) is 0.100. The van der Waals surface area contributed by atoms with E-state index in [0.29, 0.717) is 16.5 Å². The van der Waals surface area contributed by atoms with Crippen molar-refractivity contribution in [1.29, 1.82) is 0 Å². The van der Waals surface area contributed by atoms with Crippen molar-refractivity contribution in [2.45, 2.75) is 13.8 Å². The molecule has 0 aliphatic heterocycles. The standard InChI is InChI=1S/C30H24ClNO3/c1-18(15-28(33)32-27-14-7-6-13-26(27)31)23-16-24-25(17-35-30(24)19(2)29(23)34-3)22-12-8-10-20-9-4-5-11-21(20)22/h4-17H,1-3H3,(H,32,33)/b18-15+. The summed E-state index contributed by atoms with van der Waals surface area (Å²) in [5, 5.41) is 6.61. The number of carbonyl (C=O) groups excluding carboxylic acids is 1. The Bertz CT molecular complexity index is 1610. The first-order valence-corrected chi connectivity index (χ1v) is 11.7. The van der Waals surface area contributed by atoms with Gasteiger partial charge in [-0.2, -0.15) is 0 Å². The molecule has 0 saturated heterocycles. The second kappa shape index (κ2) is 9.32. The minimum Gasteiger partial charge on any atom is -0.496 e. The van der Waals surface area contributed by atoms with Crippen LogP contribution in [0, 0.1) is 6.92 Å². The Morgan fingerprint density at radius 3 is 2.51 bits per heavy atom. The summed E-state index contributed by atoms with van der Waals surface area (Å²) in [5.41, 5.74) is 5.89. The van der Waals surface area contributed by atoms with Gasteiger partial charge in [-0.05, 0) is 54.0 Å². The van der Waals surface area contributed by atoms with E-state index in [4.69, 9.17) is 20.8 Å². The van der Waals surface area contributed by atoms with Gasteiger partial charge in [0.1, 0.15) is 11.3 Å². The zero-order valence-corrected chi connectivity index (χ0v) is 20.4. The van der Waals surface area contributed by atoms with Crippen molar-refractivity contribution in [3.8, 4) is 16.9 Å². The van der Waals surface area contributed by atoms with Crippen LogP contribution < -0.4 is 10.1 Å². The molecule has 0 unspecified atom stereocenters. The van der Waals surface area contributed by atoms with Gasteiger partial charge in [0.2, 0.25) is 5.91 Å². The molecule has 0 spiro atoms. The van der Waals surface area contributed by atoms with E-state index in [1.54, 1.807) is 31.6 Å². The minimum absolute atomic E-state index is 0.267. The molecule has 0 aliphatic rings. The van der Waals surface area contributed by atoms with Gasteiger partial charge in [0.25, 0.3) is 0 Å². The SMILES string of the molecule is COc1c(/C(C)=C/C(=O)Nc2ccccc2Cl)cc2c(-c3cccc4ccccc34)coc2c1C. The Labute approximate surface area is 208 Å². The second-order valence-electron chi connectivity index (χ2n) is 8.43. The van der Waals surface area contributed by atoms with Crippen molar-refractivity contribution in [2.75, 3.05) is 12.4 Å². The maximum absolute atomic E-state index is 12.8. The van der Waals surface area contributed by atoms with Gasteiger partial charge in [0.05, 0.1) is 24.1 Å². The van der Waals surface area contributed by atoms with E-state index in [1.165, 1.54) is 0 Å². The molecule has 0 fully saturated rings. The van der Waals surface area contributed by atoms with Crippen LogP contribution in [0.3, 0.4) is 0 Å². The smallest absolute Gasteiger partial charge is 0.248 e. The Morgan fingerprint density at radius 2 is 1.71 bits per heavy atom. The third-order valence-electron chi connectivity index (χ3n) is 6.23. The van der Waals surface area contributed by atoms with Crippen molar-refractivity contribution in [3.63, 3.8) is 0 Å². The maximum Gasteiger partial charge on any atom is 0.248 e. The van der Waals surface area contributed by atoms with Crippen LogP contribution in [0.15, 0.2) is 89.6 Å². The zero-order chi connectivity index (χ0) is 24.5. The number of methoxy groups -OCH3 is 1. The van der Waals surface area contributed by atoms with Gasteiger partial charge in [0, 0.05) is 28.2 Å². The summed E-state index contributed by atoms with van der Waals surface area (Å²) in [6, 6.07) is 23.7. The molecule has 1 N–H and O–H groups in total. The molecular weight excluding hydrogens is 458 g/mol. The van der Waals surface area contributed by atoms with Crippen LogP contribution in [0.4, 0.5) is 5.69 Å². The number of para-hydroxylation sites is 1. The summed E-state index contributed by atoms with van der Waals surface area (Å²) < 4.78 is 11.8. The van der Waals surface area contributed by atoms with Crippen LogP contribution in [0.25, 0.3) is 38.4 Å². The molecule has 5 rings (SSSR count). The number of allylic oxidation sites excluding steroid dienone is 1. The third kappa shape index (κ3) is 4.17. The highest BCUT2D eigenvalue weighted by molar-refractivity contribution is 6.33. The quantitative estimate of drug-likeness (QED) is 0.257. The van der Waals surface area contributed by atoms with Crippen LogP contribution in [0.5, 0.6) is 5.75 Å². The highest BCUT2D eigenvalue weighted by Gasteiger charge is 2.19. The number of fused-ring (bicyclic) bond motifs is 2. The molecule has 0 saturated carbocycles. The van der Waals surface area contributed by atoms with E-state index in [1.807, 2.05) is 44.2 Å². The van der Waals surface area contributed by atoms with Crippen molar-refractivity contribution >= 4 is 50.5 Å². The lowest BCUT2D eigenvalue weighted by molar-refractivity contribution is -0.111. The third-order valence-corrected chi connectivity index (χ3v) is 6.56. The van der Waals surface area contributed by atoms with Gasteiger partial charge in [-0.25, -0.2) is 0 Å². The van der Waals surface area contributed by atoms with E-state index < -0.39 is 0 Å². The molecule has 174 valence electrons. The molecule has 0 atom stereocenters. The molecule has 5 aromatic rings. The molecule has 35 heavy (non-hydrogen) atoms. The summed E-state index contributed by atoms with van der Waals surface area (Å²) >= 11 is 6.19. The molecular formula is C30H24ClNO3. The average Bonchev–Trinajstić information content (AvgIpc) is 3.29. The van der Waals surface area contributed by atoms with Gasteiger partial charge in [-0.1, -0.05) is 66.2 Å². The van der Waals surface area contributed by atoms with E-state index >= 15 is 0 Å². The molecule has 1 aromatic heterocycles. The van der Waals surface area contributed by atoms with E-state index in [2.05, 4.69) is 35.6 Å². The fourth-order valence-corrected chi connectivity index (χ4v) is 4.73. The van der Waals surface area contributed by atoms with Crippen LogP contribution in [0.2, 0.25) is 5.02 Å². The predicted molar refractivity (Wildman–Crippen MR) is 144 cm³/mol. The Kier molecular flexibility index (Phi) is 6.06. The predicted octanol–water partition coefficient (Wildman–Crippen LogP) is 8.27. The molecule has 1 amide bonds. The number of hydrogen-bond acceptors (Lipinski definition) is 3. The van der Waals surface area contributed by atoms with Gasteiger partial charge in [0.15, 0.2) is 0 Å². The number of ether oxygens (including phenoxy) is 1. The summed E-state index contributed by atoms with van der Waals surface area (Å²) in [4.78, 5) is 12.8. The van der Waals surface area contributed by atoms with Gasteiger partial charge >= 0.3 is 0 Å². The Balaban J connectivity index is 1.62. The highest BCUT2D eigenvalue weighted by atomic mass is 35.5. The largest absolute Gasteiger partial charge is 0.496 e. The van der Waals surface area contributed by atoms with Crippen LogP contribution >= 0.6 is 11.6 Å². The lowest BCUT2D eigenvalue weighted by Crippen LogP contribution is -2.09. The number of amides is 1. The van der Waals surface area contributed by atoms with Crippen molar-refractivity contribution < 1.29 is 13.9 Å². The monoisotopic (exact) mass is 481 g/mol. The molecule has 0 aliphatic carbocycles. The first-order chi connectivity index (χ1) is 17.0. The summed E-state index contributed by atoms with van der Waals surface area (Å²) in [6.45, 7) is 3.87. The second-order valence-corrected chi connectivity index (χ2v) is 8.84. The Hall–Kier alpha value is -4.02. The van der Waals surface area contributed by atoms with Crippen LogP contribution in [-0.4, -0.2) is 13.0 Å². The highest BCUT2D eigenvalue weighted by Crippen LogP contribution is 2.42. The molecule has 4 aromatic carbocycles. The summed E-state index contributed by atoms with van der Waals surface area (Å²) in [7, 11) is 1.63. The van der Waals surface area contributed by atoms with Gasteiger partial charge in [-0.15, -0.1) is 0 Å². The summed E-state index contributed by atoms with van der Waals surface area (Å²) in [5.74, 6) is 0.410. The van der Waals surface area contributed by atoms with E-state index in [-0.39, 0.29) is 5.91 Å². The first kappa shape index (κ1) is 22.8. The Morgan fingerprint density at radius 1 is 0.971 bits per heavy atom. The number of carbonyl (C=O) groups is 1. The van der Waals surface area contributed by atoms with Gasteiger partial charge < -0.3 is 14.5 Å². The van der Waals surface area contributed by atoms with Crippen LogP contribution in [0.1, 0.15) is 18.1 Å². The normalized spacial score (nSPS) is 11.7. The van der Waals surface area contributed by atoms with Gasteiger partial charge in [-0.3, -0.25) is 4.79 Å². The number of furan rings is 1. The number of benzene rings is 4. The molecule has 1 heterocycles. The fourth-order valence-electron chi connectivity index (χ4n) is 4.55. The lowest BCUT2D eigenvalue weighted by atomic mass is 9.94. The van der Waals surface area contributed by atoms with E-state index in [0.717, 1.165) is 49.6 Å². The molecule has 5 heteroatoms. The number of nitrogens with one attached hydrogen (secondary N) is 1. The number of halogens is 1. The van der Waals surface area contributed by atoms with Crippen molar-refractivity contribution in [3.05, 3.63) is 101 Å². The summed E-state index contributed by atoms with van der Waals surface area (Å²) in [6.07, 6.45) is 3.36. The zero-order valence-electron chi connectivity index (χ0n) is 19.7. The van der Waals surface area contributed by atoms with Crippen molar-refractivity contribution in [2.24, 2.45) is 0 Å². The van der Waals surface area contributed by atoms with Crippen LogP contribution in [-0.2, 0) is 4.79 Å². The number of hydrogen-bond donors (Lipinski definition) is 1. The molecule has 4 nitrogen and oxygen atoms in total. The number of anilines is 1. The first-order valence-electron chi connectivity index (χ1n) is 11.3. The molecule has 0 radical (unpaired) electrons. The van der Waals surface area contributed by atoms with Crippen molar-refractivity contribution in [1.82, 2.24) is 0 Å². The minimum atomic E-state index is -0.267. The lowest BCUT2D eigenvalue weighted by Gasteiger charge is -2.14. The maximum atomic E-state index is 12.8. The topological polar surface area (TPSA) is 51.5 Å². The number of aryl methyl sites for hydroxylation is 1. The average molecular weight is 482 g/mol.